The Bertz CT molecular complexity index is 1630. The average molecular weight is 643 g/mol. The molecule has 1 aromatic heterocycles. The second-order valence-electron chi connectivity index (χ2n) is 8.22. The number of nitrogens with one attached hydrogen (secondary N) is 1. The number of aromatic nitrogens is 2. The summed E-state index contributed by atoms with van der Waals surface area (Å²) in [6, 6.07) is 15.2. The van der Waals surface area contributed by atoms with Gasteiger partial charge in [0.05, 0.1) is 26.5 Å². The van der Waals surface area contributed by atoms with Crippen molar-refractivity contribution in [3.8, 4) is 5.75 Å². The Labute approximate surface area is 233 Å². The van der Waals surface area contributed by atoms with E-state index in [9.17, 15) is 19.7 Å². The first-order valence-corrected chi connectivity index (χ1v) is 13.0. The molecule has 0 aliphatic carbocycles. The maximum absolute atomic E-state index is 13.1. The molecule has 10 nitrogen and oxygen atoms in total. The van der Waals surface area contributed by atoms with E-state index in [1.807, 2.05) is 26.0 Å². The van der Waals surface area contributed by atoms with Crippen LogP contribution in [0.1, 0.15) is 23.9 Å². The lowest BCUT2D eigenvalue weighted by molar-refractivity contribution is -0.385. The van der Waals surface area contributed by atoms with Gasteiger partial charge in [-0.2, -0.15) is 9.78 Å². The number of amides is 1. The molecule has 4 rings (SSSR count). The van der Waals surface area contributed by atoms with E-state index in [0.29, 0.717) is 34.4 Å². The van der Waals surface area contributed by atoms with E-state index in [4.69, 9.17) is 4.74 Å². The van der Waals surface area contributed by atoms with E-state index in [2.05, 4.69) is 47.3 Å². The van der Waals surface area contributed by atoms with Crippen molar-refractivity contribution >= 4 is 66.3 Å². The maximum atomic E-state index is 13.1. The van der Waals surface area contributed by atoms with Gasteiger partial charge in [-0.05, 0) is 59.3 Å². The molecule has 1 amide bonds. The summed E-state index contributed by atoms with van der Waals surface area (Å²) in [4.78, 5) is 41.1. The van der Waals surface area contributed by atoms with Crippen LogP contribution in [0.15, 0.2) is 73.4 Å². The number of nitro groups is 1. The zero-order valence-electron chi connectivity index (χ0n) is 20.3. The van der Waals surface area contributed by atoms with Crippen molar-refractivity contribution in [2.45, 2.75) is 20.3 Å². The predicted molar refractivity (Wildman–Crippen MR) is 152 cm³/mol. The molecule has 12 heteroatoms. The predicted octanol–water partition coefficient (Wildman–Crippen LogP) is 5.60. The van der Waals surface area contributed by atoms with Crippen molar-refractivity contribution < 1.29 is 14.5 Å². The highest BCUT2D eigenvalue weighted by Crippen LogP contribution is 2.36. The van der Waals surface area contributed by atoms with Crippen molar-refractivity contribution in [3.63, 3.8) is 0 Å². The van der Waals surface area contributed by atoms with Crippen LogP contribution in [-0.2, 0) is 11.2 Å². The van der Waals surface area contributed by atoms with Gasteiger partial charge in [-0.3, -0.25) is 19.7 Å². The summed E-state index contributed by atoms with van der Waals surface area (Å²) < 4.78 is 7.66. The Balaban J connectivity index is 1.60. The number of aryl methyl sites for hydroxylation is 2. The van der Waals surface area contributed by atoms with Gasteiger partial charge in [0.25, 0.3) is 11.5 Å². The number of hydrogen-bond acceptors (Lipinski definition) is 7. The lowest BCUT2D eigenvalue weighted by atomic mass is 10.2. The normalized spacial score (nSPS) is 11.2. The molecule has 0 bridgehead atoms. The molecule has 0 fully saturated rings. The fourth-order valence-corrected chi connectivity index (χ4v) is 4.53. The second-order valence-corrected chi connectivity index (χ2v) is 9.99. The molecule has 38 heavy (non-hydrogen) atoms. The minimum Gasteiger partial charge on any atom is -0.476 e. The van der Waals surface area contributed by atoms with Gasteiger partial charge in [0, 0.05) is 28.2 Å². The van der Waals surface area contributed by atoms with Crippen LogP contribution in [0.3, 0.4) is 0 Å². The summed E-state index contributed by atoms with van der Waals surface area (Å²) in [5.74, 6) is -0.133. The Hall–Kier alpha value is -3.90. The van der Waals surface area contributed by atoms with E-state index in [1.165, 1.54) is 17.0 Å². The maximum Gasteiger partial charge on any atom is 0.312 e. The van der Waals surface area contributed by atoms with Gasteiger partial charge < -0.3 is 10.1 Å². The molecule has 0 saturated carbocycles. The van der Waals surface area contributed by atoms with E-state index >= 15 is 0 Å². The topological polar surface area (TPSA) is 129 Å². The highest BCUT2D eigenvalue weighted by molar-refractivity contribution is 9.10. The standard InChI is InChI=1S/C26H21Br2N5O5/c1-3-23-31-21-9-6-17(27)12-19(21)26(35)32(23)29-13-16-10-20(28)25(22(11-16)33(36)37)38-14-24(34)30-18-7-4-15(2)5-8-18/h4-13H,3,14H2,1-2H3,(H,30,34). The number of carbonyl (C=O) groups is 1. The third-order valence-electron chi connectivity index (χ3n) is 5.44. The number of ether oxygens (including phenoxy) is 1. The number of carbonyl (C=O) groups excluding carboxylic acids is 1. The van der Waals surface area contributed by atoms with Crippen LogP contribution in [0.4, 0.5) is 11.4 Å². The minimum atomic E-state index is -0.617. The van der Waals surface area contributed by atoms with Crippen LogP contribution in [0.5, 0.6) is 5.75 Å². The van der Waals surface area contributed by atoms with Gasteiger partial charge >= 0.3 is 5.69 Å². The van der Waals surface area contributed by atoms with Crippen LogP contribution >= 0.6 is 31.9 Å². The lowest BCUT2D eigenvalue weighted by Crippen LogP contribution is -2.22. The summed E-state index contributed by atoms with van der Waals surface area (Å²) in [6.07, 6.45) is 1.78. The SMILES string of the molecule is CCc1nc2ccc(Br)cc2c(=O)n1N=Cc1cc(Br)c(OCC(=O)Nc2ccc(C)cc2)c([N+](=O)[O-])c1. The first-order chi connectivity index (χ1) is 18.2. The Morgan fingerprint density at radius 1 is 1.18 bits per heavy atom. The van der Waals surface area contributed by atoms with Crippen LogP contribution in [0.2, 0.25) is 0 Å². The van der Waals surface area contributed by atoms with Crippen LogP contribution in [0.25, 0.3) is 10.9 Å². The average Bonchev–Trinajstić information content (AvgIpc) is 2.88. The quantitative estimate of drug-likeness (QED) is 0.151. The largest absolute Gasteiger partial charge is 0.476 e. The smallest absolute Gasteiger partial charge is 0.312 e. The van der Waals surface area contributed by atoms with Crippen molar-refractivity contribution in [2.75, 3.05) is 11.9 Å². The number of nitro benzene ring substituents is 1. The third kappa shape index (κ3) is 6.14. The third-order valence-corrected chi connectivity index (χ3v) is 6.52. The van der Waals surface area contributed by atoms with Gasteiger partial charge in [0.1, 0.15) is 5.82 Å². The zero-order valence-corrected chi connectivity index (χ0v) is 23.4. The van der Waals surface area contributed by atoms with Crippen molar-refractivity contribution in [1.82, 2.24) is 9.66 Å². The second kappa shape index (κ2) is 11.7. The molecule has 0 radical (unpaired) electrons. The molecule has 0 aliphatic rings. The van der Waals surface area contributed by atoms with Crippen LogP contribution in [-0.4, -0.2) is 33.3 Å². The molecule has 4 aromatic rings. The number of benzene rings is 3. The molecule has 0 aliphatic heterocycles. The highest BCUT2D eigenvalue weighted by atomic mass is 79.9. The van der Waals surface area contributed by atoms with Crippen molar-refractivity contribution in [1.29, 1.82) is 0 Å². The number of hydrogen-bond donors (Lipinski definition) is 1. The molecular weight excluding hydrogens is 622 g/mol. The Morgan fingerprint density at radius 2 is 1.92 bits per heavy atom. The monoisotopic (exact) mass is 641 g/mol. The van der Waals surface area contributed by atoms with E-state index in [-0.39, 0.29) is 21.5 Å². The fourth-order valence-electron chi connectivity index (χ4n) is 3.59. The lowest BCUT2D eigenvalue weighted by Gasteiger charge is -2.11. The summed E-state index contributed by atoms with van der Waals surface area (Å²) in [6.45, 7) is 3.34. The molecule has 0 saturated heterocycles. The zero-order chi connectivity index (χ0) is 27.4. The van der Waals surface area contributed by atoms with E-state index in [1.54, 1.807) is 36.4 Å². The first kappa shape index (κ1) is 27.1. The highest BCUT2D eigenvalue weighted by Gasteiger charge is 2.21. The number of rotatable bonds is 8. The van der Waals surface area contributed by atoms with Crippen molar-refractivity contribution in [3.05, 3.63) is 101 Å². The number of anilines is 1. The van der Waals surface area contributed by atoms with Crippen molar-refractivity contribution in [2.24, 2.45) is 5.10 Å². The Morgan fingerprint density at radius 3 is 2.61 bits per heavy atom. The first-order valence-electron chi connectivity index (χ1n) is 11.4. The number of nitrogens with zero attached hydrogens (tertiary/aromatic N) is 4. The summed E-state index contributed by atoms with van der Waals surface area (Å²) in [7, 11) is 0. The van der Waals surface area contributed by atoms with Crippen LogP contribution in [0, 0.1) is 17.0 Å². The molecule has 0 spiro atoms. The minimum absolute atomic E-state index is 0.102. The van der Waals surface area contributed by atoms with Gasteiger partial charge in [-0.1, -0.05) is 40.5 Å². The molecule has 1 N–H and O–H groups in total. The Kier molecular flexibility index (Phi) is 8.32. The number of halogens is 2. The fraction of sp³-hybridized carbons (Fsp3) is 0.154. The van der Waals surface area contributed by atoms with E-state index in [0.717, 1.165) is 10.0 Å². The van der Waals surface area contributed by atoms with Gasteiger partial charge in [0.2, 0.25) is 5.75 Å². The molecule has 0 atom stereocenters. The van der Waals surface area contributed by atoms with Gasteiger partial charge in [-0.25, -0.2) is 4.98 Å². The molecule has 1 heterocycles. The van der Waals surface area contributed by atoms with E-state index < -0.39 is 17.4 Å². The molecule has 3 aromatic carbocycles. The van der Waals surface area contributed by atoms with Gasteiger partial charge in [-0.15, -0.1) is 0 Å². The molecule has 194 valence electrons. The molecular formula is C26H21Br2N5O5. The number of fused-ring (bicyclic) bond motifs is 1. The summed E-state index contributed by atoms with van der Waals surface area (Å²) >= 11 is 6.65. The van der Waals surface area contributed by atoms with Crippen LogP contribution < -0.4 is 15.6 Å². The summed E-state index contributed by atoms with van der Waals surface area (Å²) in [5, 5.41) is 19.1. The summed E-state index contributed by atoms with van der Waals surface area (Å²) in [5.41, 5.74) is 1.78. The van der Waals surface area contributed by atoms with Gasteiger partial charge in [0.15, 0.2) is 6.61 Å². The molecule has 0 unspecified atom stereocenters.